The van der Waals surface area contributed by atoms with Gasteiger partial charge in [0.25, 0.3) is 0 Å². The highest BCUT2D eigenvalue weighted by atomic mass is 16.6. The number of carbonyl (C=O) groups excluding carboxylic acids is 2. The van der Waals surface area contributed by atoms with Crippen LogP contribution >= 0.6 is 0 Å². The molecule has 0 atom stereocenters. The Balaban J connectivity index is 3.40. The molecule has 0 saturated carbocycles. The molecule has 0 saturated heterocycles. The van der Waals surface area contributed by atoms with Gasteiger partial charge in [-0.1, -0.05) is 6.42 Å². The average Bonchev–Trinajstić information content (AvgIpc) is 2.31. The van der Waals surface area contributed by atoms with Crippen LogP contribution in [0.1, 0.15) is 46.5 Å². The van der Waals surface area contributed by atoms with Crippen molar-refractivity contribution in [3.63, 3.8) is 0 Å². The number of amides is 2. The highest BCUT2D eigenvalue weighted by Crippen LogP contribution is 2.06. The van der Waals surface area contributed by atoms with Gasteiger partial charge < -0.3 is 20.7 Å². The first-order chi connectivity index (χ1) is 9.35. The summed E-state index contributed by atoms with van der Waals surface area (Å²) in [6.45, 7) is 7.52. The van der Waals surface area contributed by atoms with Crippen LogP contribution in [0.15, 0.2) is 0 Å². The Labute approximate surface area is 122 Å². The Bertz CT molecular complexity index is 288. The second-order valence-electron chi connectivity index (χ2n) is 5.69. The van der Waals surface area contributed by atoms with Gasteiger partial charge in [-0.25, -0.2) is 4.79 Å². The topological polar surface area (TPSA) is 79.5 Å². The van der Waals surface area contributed by atoms with Crippen molar-refractivity contribution in [2.24, 2.45) is 0 Å². The summed E-state index contributed by atoms with van der Waals surface area (Å²) in [4.78, 5) is 22.7. The molecule has 0 aliphatic heterocycles. The van der Waals surface area contributed by atoms with E-state index in [4.69, 9.17) is 4.74 Å². The van der Waals surface area contributed by atoms with Gasteiger partial charge in [-0.05, 0) is 40.7 Å². The quantitative estimate of drug-likeness (QED) is 0.560. The van der Waals surface area contributed by atoms with Gasteiger partial charge in [-0.2, -0.15) is 0 Å². The summed E-state index contributed by atoms with van der Waals surface area (Å²) in [5.41, 5.74) is -0.463. The van der Waals surface area contributed by atoms with Crippen molar-refractivity contribution in [2.45, 2.75) is 52.1 Å². The molecule has 0 aromatic rings. The van der Waals surface area contributed by atoms with E-state index < -0.39 is 5.60 Å². The van der Waals surface area contributed by atoms with E-state index in [9.17, 15) is 9.59 Å². The molecule has 0 aromatic heterocycles. The van der Waals surface area contributed by atoms with Crippen LogP contribution in [0.25, 0.3) is 0 Å². The van der Waals surface area contributed by atoms with Gasteiger partial charge in [0.2, 0.25) is 5.91 Å². The Morgan fingerprint density at radius 1 is 0.950 bits per heavy atom. The summed E-state index contributed by atoms with van der Waals surface area (Å²) in [5, 5.41) is 8.49. The van der Waals surface area contributed by atoms with Gasteiger partial charge in [0, 0.05) is 26.1 Å². The van der Waals surface area contributed by atoms with Crippen molar-refractivity contribution < 1.29 is 14.3 Å². The lowest BCUT2D eigenvalue weighted by Crippen LogP contribution is -2.33. The number of likely N-dealkylation sites (N-methyl/N-ethyl adjacent to an activating group) is 1. The number of carbonyl (C=O) groups is 2. The van der Waals surface area contributed by atoms with Crippen LogP contribution in [0.4, 0.5) is 4.79 Å². The molecule has 0 fully saturated rings. The third-order valence-electron chi connectivity index (χ3n) is 2.45. The molecule has 0 spiro atoms. The smallest absolute Gasteiger partial charge is 0.407 e. The SMILES string of the molecule is CNCCNC(=O)CCCCCNC(=O)OC(C)(C)C. The molecule has 6 nitrogen and oxygen atoms in total. The van der Waals surface area contributed by atoms with E-state index in [1.165, 1.54) is 0 Å². The lowest BCUT2D eigenvalue weighted by molar-refractivity contribution is -0.121. The number of rotatable bonds is 9. The van der Waals surface area contributed by atoms with Crippen molar-refractivity contribution >= 4 is 12.0 Å². The Hall–Kier alpha value is -1.30. The number of alkyl carbamates (subject to hydrolysis) is 1. The fraction of sp³-hybridized carbons (Fsp3) is 0.857. The molecule has 6 heteroatoms. The molecule has 118 valence electrons. The maximum absolute atomic E-state index is 11.4. The largest absolute Gasteiger partial charge is 0.444 e. The summed E-state index contributed by atoms with van der Waals surface area (Å²) in [7, 11) is 1.85. The molecular weight excluding hydrogens is 258 g/mol. The summed E-state index contributed by atoms with van der Waals surface area (Å²) < 4.78 is 5.12. The minimum atomic E-state index is -0.463. The second kappa shape index (κ2) is 10.5. The van der Waals surface area contributed by atoms with Crippen LogP contribution in [-0.4, -0.2) is 44.3 Å². The van der Waals surface area contributed by atoms with Crippen molar-refractivity contribution in [3.05, 3.63) is 0 Å². The lowest BCUT2D eigenvalue weighted by Gasteiger charge is -2.19. The van der Waals surface area contributed by atoms with E-state index in [0.29, 0.717) is 19.5 Å². The molecule has 2 amide bonds. The first-order valence-corrected chi connectivity index (χ1v) is 7.23. The summed E-state index contributed by atoms with van der Waals surface area (Å²) in [6.07, 6.45) is 2.75. The third-order valence-corrected chi connectivity index (χ3v) is 2.45. The van der Waals surface area contributed by atoms with Gasteiger partial charge in [0.15, 0.2) is 0 Å². The minimum Gasteiger partial charge on any atom is -0.444 e. The molecule has 0 aliphatic carbocycles. The summed E-state index contributed by atoms with van der Waals surface area (Å²) in [5.74, 6) is 0.0837. The summed E-state index contributed by atoms with van der Waals surface area (Å²) in [6, 6.07) is 0. The molecule has 0 aliphatic rings. The highest BCUT2D eigenvalue weighted by Gasteiger charge is 2.15. The standard InChI is InChI=1S/C14H29N3O3/c1-14(2,3)20-13(19)17-9-7-5-6-8-12(18)16-11-10-15-4/h15H,5-11H2,1-4H3,(H,16,18)(H,17,19). The minimum absolute atomic E-state index is 0.0837. The van der Waals surface area contributed by atoms with Gasteiger partial charge in [0.05, 0.1) is 0 Å². The van der Waals surface area contributed by atoms with Crippen molar-refractivity contribution in [1.82, 2.24) is 16.0 Å². The molecule has 0 rings (SSSR count). The van der Waals surface area contributed by atoms with Crippen LogP contribution < -0.4 is 16.0 Å². The van der Waals surface area contributed by atoms with Crippen LogP contribution in [0, 0.1) is 0 Å². The first-order valence-electron chi connectivity index (χ1n) is 7.23. The van der Waals surface area contributed by atoms with Crippen LogP contribution in [0.3, 0.4) is 0 Å². The van der Waals surface area contributed by atoms with E-state index in [0.717, 1.165) is 25.8 Å². The molecule has 0 aromatic carbocycles. The number of ether oxygens (including phenoxy) is 1. The van der Waals surface area contributed by atoms with Crippen molar-refractivity contribution in [2.75, 3.05) is 26.7 Å². The predicted octanol–water partition coefficient (Wildman–Crippen LogP) is 1.41. The zero-order valence-electron chi connectivity index (χ0n) is 13.2. The van der Waals surface area contributed by atoms with Gasteiger partial charge >= 0.3 is 6.09 Å². The Kier molecular flexibility index (Phi) is 9.80. The molecule has 0 heterocycles. The van der Waals surface area contributed by atoms with E-state index >= 15 is 0 Å². The number of hydrogen-bond donors (Lipinski definition) is 3. The molecule has 3 N–H and O–H groups in total. The first kappa shape index (κ1) is 18.7. The summed E-state index contributed by atoms with van der Waals surface area (Å²) >= 11 is 0. The highest BCUT2D eigenvalue weighted by molar-refractivity contribution is 5.75. The van der Waals surface area contributed by atoms with Gasteiger partial charge in [-0.15, -0.1) is 0 Å². The second-order valence-corrected chi connectivity index (χ2v) is 5.69. The van der Waals surface area contributed by atoms with E-state index in [2.05, 4.69) is 16.0 Å². The maximum atomic E-state index is 11.4. The normalized spacial score (nSPS) is 11.0. The van der Waals surface area contributed by atoms with Gasteiger partial charge in [-0.3, -0.25) is 4.79 Å². The third kappa shape index (κ3) is 13.1. The van der Waals surface area contributed by atoms with E-state index in [1.54, 1.807) is 0 Å². The zero-order chi connectivity index (χ0) is 15.4. The molecule has 0 unspecified atom stereocenters. The molecular formula is C14H29N3O3. The predicted molar refractivity (Wildman–Crippen MR) is 79.6 cm³/mol. The Morgan fingerprint density at radius 2 is 1.65 bits per heavy atom. The maximum Gasteiger partial charge on any atom is 0.407 e. The molecule has 20 heavy (non-hydrogen) atoms. The molecule has 0 bridgehead atoms. The molecule has 0 radical (unpaired) electrons. The number of nitrogens with one attached hydrogen (secondary N) is 3. The average molecular weight is 287 g/mol. The van der Waals surface area contributed by atoms with E-state index in [1.807, 2.05) is 27.8 Å². The Morgan fingerprint density at radius 3 is 2.25 bits per heavy atom. The van der Waals surface area contributed by atoms with Crippen molar-refractivity contribution in [3.8, 4) is 0 Å². The van der Waals surface area contributed by atoms with Crippen LogP contribution in [0.2, 0.25) is 0 Å². The fourth-order valence-electron chi connectivity index (χ4n) is 1.51. The van der Waals surface area contributed by atoms with Crippen LogP contribution in [-0.2, 0) is 9.53 Å². The monoisotopic (exact) mass is 287 g/mol. The number of unbranched alkanes of at least 4 members (excludes halogenated alkanes) is 2. The number of hydrogen-bond acceptors (Lipinski definition) is 4. The lowest BCUT2D eigenvalue weighted by atomic mass is 10.2. The van der Waals surface area contributed by atoms with E-state index in [-0.39, 0.29) is 12.0 Å². The van der Waals surface area contributed by atoms with Crippen LogP contribution in [0.5, 0.6) is 0 Å². The zero-order valence-corrected chi connectivity index (χ0v) is 13.2. The fourth-order valence-corrected chi connectivity index (χ4v) is 1.51. The van der Waals surface area contributed by atoms with Crippen molar-refractivity contribution in [1.29, 1.82) is 0 Å². The van der Waals surface area contributed by atoms with Gasteiger partial charge in [0.1, 0.15) is 5.60 Å².